The summed E-state index contributed by atoms with van der Waals surface area (Å²) in [4.78, 5) is 15.8. The molecule has 0 fully saturated rings. The van der Waals surface area contributed by atoms with Crippen molar-refractivity contribution in [2.75, 3.05) is 0 Å². The minimum absolute atomic E-state index is 0.0751. The number of amides is 1. The molecule has 0 bridgehead atoms. The van der Waals surface area contributed by atoms with Crippen molar-refractivity contribution < 1.29 is 18.3 Å². The maximum Gasteiger partial charge on any atom is 0.387 e. The van der Waals surface area contributed by atoms with Gasteiger partial charge in [0, 0.05) is 16.6 Å². The van der Waals surface area contributed by atoms with Crippen LogP contribution in [-0.4, -0.2) is 17.5 Å². The zero-order valence-electron chi connectivity index (χ0n) is 14.6. The monoisotopic (exact) mass is 358 g/mol. The van der Waals surface area contributed by atoms with Crippen LogP contribution in [0.15, 0.2) is 48.5 Å². The minimum Gasteiger partial charge on any atom is -0.435 e. The molecule has 2 N–H and O–H groups in total. The van der Waals surface area contributed by atoms with Crippen molar-refractivity contribution in [3.05, 3.63) is 65.4 Å². The van der Waals surface area contributed by atoms with Gasteiger partial charge in [0.15, 0.2) is 0 Å². The number of fused-ring (bicyclic) bond motifs is 1. The fraction of sp³-hybridized carbons (Fsp3) is 0.250. The van der Waals surface area contributed by atoms with Crippen LogP contribution in [0.25, 0.3) is 10.9 Å². The van der Waals surface area contributed by atoms with Gasteiger partial charge in [-0.3, -0.25) is 4.79 Å². The van der Waals surface area contributed by atoms with E-state index in [-0.39, 0.29) is 24.1 Å². The Hall–Kier alpha value is -2.89. The molecule has 1 unspecified atom stereocenters. The molecule has 26 heavy (non-hydrogen) atoms. The standard InChI is InChI=1S/C20H20F2N2O2/c1-12(14-6-5-7-15(10-14)26-20(21)22)24-19(25)11-17-13(2)23-18-9-4-3-8-16(17)18/h3-10,12,20,23H,11H2,1-2H3,(H,24,25). The first kappa shape index (κ1) is 17.9. The predicted octanol–water partition coefficient (Wildman–Crippen LogP) is 4.50. The van der Waals surface area contributed by atoms with Gasteiger partial charge >= 0.3 is 6.61 Å². The number of aromatic amines is 1. The lowest BCUT2D eigenvalue weighted by molar-refractivity contribution is -0.121. The summed E-state index contributed by atoms with van der Waals surface area (Å²) in [7, 11) is 0. The van der Waals surface area contributed by atoms with Gasteiger partial charge in [0.05, 0.1) is 12.5 Å². The molecule has 0 aliphatic rings. The molecule has 6 heteroatoms. The maximum absolute atomic E-state index is 12.5. The fourth-order valence-electron chi connectivity index (χ4n) is 3.06. The number of benzene rings is 2. The molecule has 1 atom stereocenters. The summed E-state index contributed by atoms with van der Waals surface area (Å²) in [6.07, 6.45) is 0.243. The highest BCUT2D eigenvalue weighted by atomic mass is 19.3. The van der Waals surface area contributed by atoms with Crippen molar-refractivity contribution in [1.82, 2.24) is 10.3 Å². The van der Waals surface area contributed by atoms with Gasteiger partial charge in [-0.15, -0.1) is 0 Å². The van der Waals surface area contributed by atoms with Crippen molar-refractivity contribution in [1.29, 1.82) is 0 Å². The topological polar surface area (TPSA) is 54.1 Å². The lowest BCUT2D eigenvalue weighted by Crippen LogP contribution is -2.28. The van der Waals surface area contributed by atoms with Crippen LogP contribution in [0, 0.1) is 6.92 Å². The highest BCUT2D eigenvalue weighted by Gasteiger charge is 2.15. The number of hydrogen-bond acceptors (Lipinski definition) is 2. The van der Waals surface area contributed by atoms with Gasteiger partial charge in [-0.05, 0) is 43.2 Å². The van der Waals surface area contributed by atoms with E-state index in [1.165, 1.54) is 12.1 Å². The number of H-pyrrole nitrogens is 1. The zero-order chi connectivity index (χ0) is 18.7. The summed E-state index contributed by atoms with van der Waals surface area (Å²) in [5.74, 6) is -0.0587. The molecule has 0 aliphatic carbocycles. The Labute approximate surface area is 150 Å². The third-order valence-electron chi connectivity index (χ3n) is 4.33. The Morgan fingerprint density at radius 2 is 1.96 bits per heavy atom. The number of rotatable bonds is 6. The van der Waals surface area contributed by atoms with Crippen LogP contribution in [0.3, 0.4) is 0 Å². The Kier molecular flexibility index (Phi) is 5.21. The molecule has 0 saturated heterocycles. The van der Waals surface area contributed by atoms with E-state index in [0.717, 1.165) is 22.2 Å². The summed E-state index contributed by atoms with van der Waals surface area (Å²) >= 11 is 0. The van der Waals surface area contributed by atoms with Crippen LogP contribution in [0.4, 0.5) is 8.78 Å². The second-order valence-corrected chi connectivity index (χ2v) is 6.19. The van der Waals surface area contributed by atoms with Gasteiger partial charge in [-0.25, -0.2) is 0 Å². The number of aryl methyl sites for hydroxylation is 1. The number of aromatic nitrogens is 1. The first-order chi connectivity index (χ1) is 12.4. The van der Waals surface area contributed by atoms with Crippen LogP contribution in [-0.2, 0) is 11.2 Å². The molecule has 2 aromatic carbocycles. The number of hydrogen-bond donors (Lipinski definition) is 2. The van der Waals surface area contributed by atoms with E-state index in [4.69, 9.17) is 0 Å². The van der Waals surface area contributed by atoms with Crippen molar-refractivity contribution in [3.8, 4) is 5.75 Å². The second-order valence-electron chi connectivity index (χ2n) is 6.19. The first-order valence-electron chi connectivity index (χ1n) is 8.34. The van der Waals surface area contributed by atoms with Gasteiger partial charge in [-0.2, -0.15) is 8.78 Å². The average molecular weight is 358 g/mol. The summed E-state index contributed by atoms with van der Waals surface area (Å²) in [5.41, 5.74) is 3.62. The van der Waals surface area contributed by atoms with E-state index < -0.39 is 6.61 Å². The van der Waals surface area contributed by atoms with Crippen molar-refractivity contribution in [3.63, 3.8) is 0 Å². The molecule has 4 nitrogen and oxygen atoms in total. The summed E-state index contributed by atoms with van der Waals surface area (Å²) in [6.45, 7) is 0.874. The van der Waals surface area contributed by atoms with Crippen LogP contribution in [0.5, 0.6) is 5.75 Å². The number of carbonyl (C=O) groups is 1. The normalized spacial score (nSPS) is 12.3. The van der Waals surface area contributed by atoms with Gasteiger partial charge in [-0.1, -0.05) is 30.3 Å². The lowest BCUT2D eigenvalue weighted by Gasteiger charge is -2.15. The highest BCUT2D eigenvalue weighted by molar-refractivity contribution is 5.90. The zero-order valence-corrected chi connectivity index (χ0v) is 14.6. The van der Waals surface area contributed by atoms with Crippen LogP contribution < -0.4 is 10.1 Å². The van der Waals surface area contributed by atoms with Crippen LogP contribution >= 0.6 is 0 Å². The molecular weight excluding hydrogens is 338 g/mol. The van der Waals surface area contributed by atoms with E-state index in [2.05, 4.69) is 15.0 Å². The van der Waals surface area contributed by atoms with Crippen LogP contribution in [0.2, 0.25) is 0 Å². The Morgan fingerprint density at radius 3 is 2.73 bits per heavy atom. The maximum atomic E-state index is 12.5. The number of alkyl halides is 2. The molecule has 1 aromatic heterocycles. The Morgan fingerprint density at radius 1 is 1.19 bits per heavy atom. The third kappa shape index (κ3) is 4.02. The van der Waals surface area contributed by atoms with Gasteiger partial charge in [0.2, 0.25) is 5.91 Å². The highest BCUT2D eigenvalue weighted by Crippen LogP contribution is 2.23. The van der Waals surface area contributed by atoms with E-state index in [0.29, 0.717) is 5.56 Å². The molecule has 0 saturated carbocycles. The quantitative estimate of drug-likeness (QED) is 0.682. The third-order valence-corrected chi connectivity index (χ3v) is 4.33. The Balaban J connectivity index is 1.70. The molecule has 0 radical (unpaired) electrons. The molecule has 1 amide bonds. The lowest BCUT2D eigenvalue weighted by atomic mass is 10.1. The van der Waals surface area contributed by atoms with Crippen molar-refractivity contribution >= 4 is 16.8 Å². The SMILES string of the molecule is Cc1[nH]c2ccccc2c1CC(=O)NC(C)c1cccc(OC(F)F)c1. The van der Waals surface area contributed by atoms with Gasteiger partial charge in [0.1, 0.15) is 5.75 Å². The van der Waals surface area contributed by atoms with Gasteiger partial charge < -0.3 is 15.0 Å². The number of halogens is 2. The van der Waals surface area contributed by atoms with Crippen molar-refractivity contribution in [2.24, 2.45) is 0 Å². The summed E-state index contributed by atoms with van der Waals surface area (Å²) < 4.78 is 29.1. The predicted molar refractivity (Wildman–Crippen MR) is 96.4 cm³/mol. The number of para-hydroxylation sites is 1. The smallest absolute Gasteiger partial charge is 0.387 e. The first-order valence-corrected chi connectivity index (χ1v) is 8.34. The summed E-state index contributed by atoms with van der Waals surface area (Å²) in [6, 6.07) is 13.9. The van der Waals surface area contributed by atoms with Crippen molar-refractivity contribution in [2.45, 2.75) is 32.9 Å². The molecule has 0 aliphatic heterocycles. The number of ether oxygens (including phenoxy) is 1. The molecule has 136 valence electrons. The fourth-order valence-corrected chi connectivity index (χ4v) is 3.06. The van der Waals surface area contributed by atoms with E-state index in [9.17, 15) is 13.6 Å². The minimum atomic E-state index is -2.88. The largest absolute Gasteiger partial charge is 0.435 e. The summed E-state index contributed by atoms with van der Waals surface area (Å²) in [5, 5.41) is 3.94. The van der Waals surface area contributed by atoms with E-state index in [1.54, 1.807) is 12.1 Å². The number of carbonyl (C=O) groups excluding carboxylic acids is 1. The second kappa shape index (κ2) is 7.56. The van der Waals surface area contributed by atoms with E-state index in [1.807, 2.05) is 38.1 Å². The molecule has 1 heterocycles. The average Bonchev–Trinajstić information content (AvgIpc) is 2.90. The molecule has 0 spiro atoms. The Bertz CT molecular complexity index is 921. The van der Waals surface area contributed by atoms with Gasteiger partial charge in [0.25, 0.3) is 0 Å². The molecule has 3 rings (SSSR count). The molecule has 3 aromatic rings. The van der Waals surface area contributed by atoms with Crippen LogP contribution in [0.1, 0.15) is 29.8 Å². The molecular formula is C20H20F2N2O2. The number of nitrogens with one attached hydrogen (secondary N) is 2. The van der Waals surface area contributed by atoms with E-state index >= 15 is 0 Å².